The van der Waals surface area contributed by atoms with Crippen molar-refractivity contribution in [2.75, 3.05) is 18.0 Å². The van der Waals surface area contributed by atoms with E-state index in [1.54, 1.807) is 0 Å². The second kappa shape index (κ2) is 8.54. The summed E-state index contributed by atoms with van der Waals surface area (Å²) in [6, 6.07) is 26.0. The molecule has 0 spiro atoms. The Bertz CT molecular complexity index is 1160. The molecule has 0 bridgehead atoms. The number of rotatable bonds is 6. The van der Waals surface area contributed by atoms with Gasteiger partial charge in [-0.15, -0.1) is 0 Å². The standard InChI is InChI=1S/C26H27N3O/c1-4-28(5-2)22-16-17-23-24(18-22)27-19(3)29(26(23)30)25(20-12-8-6-9-13-20)21-14-10-7-11-15-21/h6-18,25H,4-5H2,1-3H3. The molecule has 4 heteroatoms. The number of benzene rings is 3. The third kappa shape index (κ3) is 3.61. The van der Waals surface area contributed by atoms with E-state index in [0.29, 0.717) is 11.2 Å². The van der Waals surface area contributed by atoms with Crippen molar-refractivity contribution in [3.63, 3.8) is 0 Å². The molecular formula is C26H27N3O. The fourth-order valence-electron chi connectivity index (χ4n) is 4.15. The number of anilines is 1. The van der Waals surface area contributed by atoms with Crippen molar-refractivity contribution in [2.24, 2.45) is 0 Å². The molecule has 0 amide bonds. The number of hydrogen-bond donors (Lipinski definition) is 0. The van der Waals surface area contributed by atoms with Crippen LogP contribution in [0.5, 0.6) is 0 Å². The quantitative estimate of drug-likeness (QED) is 0.449. The number of nitrogens with zero attached hydrogens (tertiary/aromatic N) is 3. The number of aryl methyl sites for hydroxylation is 1. The smallest absolute Gasteiger partial charge is 0.262 e. The van der Waals surface area contributed by atoms with Crippen LogP contribution in [0.4, 0.5) is 5.69 Å². The first-order valence-corrected chi connectivity index (χ1v) is 10.5. The van der Waals surface area contributed by atoms with Crippen LogP contribution in [0.1, 0.15) is 36.8 Å². The predicted molar refractivity (Wildman–Crippen MR) is 124 cm³/mol. The van der Waals surface area contributed by atoms with Gasteiger partial charge in [-0.3, -0.25) is 9.36 Å². The van der Waals surface area contributed by atoms with Gasteiger partial charge in [0.25, 0.3) is 5.56 Å². The summed E-state index contributed by atoms with van der Waals surface area (Å²) < 4.78 is 1.82. The van der Waals surface area contributed by atoms with Crippen molar-refractivity contribution in [2.45, 2.75) is 26.8 Å². The highest BCUT2D eigenvalue weighted by atomic mass is 16.1. The zero-order chi connectivity index (χ0) is 21.1. The first kappa shape index (κ1) is 19.9. The van der Waals surface area contributed by atoms with E-state index in [0.717, 1.165) is 35.4 Å². The molecular weight excluding hydrogens is 370 g/mol. The first-order valence-electron chi connectivity index (χ1n) is 10.5. The molecule has 3 aromatic carbocycles. The van der Waals surface area contributed by atoms with Crippen molar-refractivity contribution in [3.05, 3.63) is 106 Å². The molecule has 1 aromatic heterocycles. The van der Waals surface area contributed by atoms with E-state index in [-0.39, 0.29) is 11.6 Å². The zero-order valence-electron chi connectivity index (χ0n) is 17.7. The molecule has 0 unspecified atom stereocenters. The molecule has 0 fully saturated rings. The van der Waals surface area contributed by atoms with E-state index in [2.05, 4.69) is 43.0 Å². The molecule has 0 aliphatic carbocycles. The molecule has 4 aromatic rings. The van der Waals surface area contributed by atoms with Crippen LogP contribution >= 0.6 is 0 Å². The van der Waals surface area contributed by atoms with Gasteiger partial charge in [-0.2, -0.15) is 0 Å². The maximum Gasteiger partial charge on any atom is 0.262 e. The van der Waals surface area contributed by atoms with E-state index >= 15 is 0 Å². The molecule has 0 N–H and O–H groups in total. The van der Waals surface area contributed by atoms with Crippen LogP contribution < -0.4 is 10.5 Å². The first-order chi connectivity index (χ1) is 14.6. The van der Waals surface area contributed by atoms with Crippen LogP contribution in [0, 0.1) is 6.92 Å². The maximum absolute atomic E-state index is 13.7. The summed E-state index contributed by atoms with van der Waals surface area (Å²) in [5.41, 5.74) is 3.96. The van der Waals surface area contributed by atoms with Crippen LogP contribution in [0.15, 0.2) is 83.7 Å². The van der Waals surface area contributed by atoms with Gasteiger partial charge < -0.3 is 4.90 Å². The molecule has 0 aliphatic rings. The van der Waals surface area contributed by atoms with Gasteiger partial charge in [-0.05, 0) is 50.1 Å². The SMILES string of the molecule is CCN(CC)c1ccc2c(=O)n(C(c3ccccc3)c3ccccc3)c(C)nc2c1. The van der Waals surface area contributed by atoms with Crippen LogP contribution in [0.3, 0.4) is 0 Å². The Kier molecular flexibility index (Phi) is 5.66. The lowest BCUT2D eigenvalue weighted by Crippen LogP contribution is -2.29. The Hall–Kier alpha value is -3.40. The molecule has 0 atom stereocenters. The lowest BCUT2D eigenvalue weighted by molar-refractivity contribution is 0.620. The van der Waals surface area contributed by atoms with E-state index in [9.17, 15) is 4.79 Å². The third-order valence-corrected chi connectivity index (χ3v) is 5.68. The zero-order valence-corrected chi connectivity index (χ0v) is 17.7. The molecule has 30 heavy (non-hydrogen) atoms. The van der Waals surface area contributed by atoms with Gasteiger partial charge in [0, 0.05) is 18.8 Å². The van der Waals surface area contributed by atoms with Crippen LogP contribution in [0.2, 0.25) is 0 Å². The fraction of sp³-hybridized carbons (Fsp3) is 0.231. The highest BCUT2D eigenvalue weighted by Gasteiger charge is 2.21. The largest absolute Gasteiger partial charge is 0.372 e. The normalized spacial score (nSPS) is 11.2. The lowest BCUT2D eigenvalue weighted by Gasteiger charge is -2.24. The summed E-state index contributed by atoms with van der Waals surface area (Å²) in [5, 5.41) is 0.647. The average molecular weight is 398 g/mol. The molecule has 152 valence electrons. The third-order valence-electron chi connectivity index (χ3n) is 5.68. The van der Waals surface area contributed by atoms with E-state index < -0.39 is 0 Å². The van der Waals surface area contributed by atoms with Gasteiger partial charge in [-0.1, -0.05) is 60.7 Å². The van der Waals surface area contributed by atoms with E-state index in [4.69, 9.17) is 4.98 Å². The van der Waals surface area contributed by atoms with Crippen molar-refractivity contribution in [1.82, 2.24) is 9.55 Å². The highest BCUT2D eigenvalue weighted by molar-refractivity contribution is 5.81. The second-order valence-corrected chi connectivity index (χ2v) is 7.43. The molecule has 4 nitrogen and oxygen atoms in total. The molecule has 1 heterocycles. The Morgan fingerprint density at radius 2 is 1.43 bits per heavy atom. The fourth-order valence-corrected chi connectivity index (χ4v) is 4.15. The van der Waals surface area contributed by atoms with Crippen molar-refractivity contribution >= 4 is 16.6 Å². The molecule has 0 aliphatic heterocycles. The number of hydrogen-bond acceptors (Lipinski definition) is 3. The minimum Gasteiger partial charge on any atom is -0.372 e. The van der Waals surface area contributed by atoms with Gasteiger partial charge in [0.05, 0.1) is 16.9 Å². The van der Waals surface area contributed by atoms with Crippen molar-refractivity contribution in [1.29, 1.82) is 0 Å². The average Bonchev–Trinajstić information content (AvgIpc) is 2.78. The Labute approximate surface area is 177 Å². The van der Waals surface area contributed by atoms with Gasteiger partial charge in [0.2, 0.25) is 0 Å². The van der Waals surface area contributed by atoms with Gasteiger partial charge in [0.15, 0.2) is 0 Å². The Balaban J connectivity index is 1.94. The lowest BCUT2D eigenvalue weighted by atomic mass is 9.98. The monoisotopic (exact) mass is 397 g/mol. The number of fused-ring (bicyclic) bond motifs is 1. The molecule has 0 saturated carbocycles. The summed E-state index contributed by atoms with van der Waals surface area (Å²) >= 11 is 0. The Morgan fingerprint density at radius 1 is 0.867 bits per heavy atom. The van der Waals surface area contributed by atoms with Gasteiger partial charge in [0.1, 0.15) is 5.82 Å². The van der Waals surface area contributed by atoms with E-state index in [1.165, 1.54) is 0 Å². The summed E-state index contributed by atoms with van der Waals surface area (Å²) in [5.74, 6) is 0.710. The summed E-state index contributed by atoms with van der Waals surface area (Å²) in [7, 11) is 0. The minimum atomic E-state index is -0.223. The van der Waals surface area contributed by atoms with Gasteiger partial charge >= 0.3 is 0 Å². The van der Waals surface area contributed by atoms with Crippen LogP contribution in [0.25, 0.3) is 10.9 Å². The predicted octanol–water partition coefficient (Wildman–Crippen LogP) is 5.19. The summed E-state index contributed by atoms with van der Waals surface area (Å²) in [4.78, 5) is 20.8. The minimum absolute atomic E-state index is 0.0127. The second-order valence-electron chi connectivity index (χ2n) is 7.43. The maximum atomic E-state index is 13.7. The van der Waals surface area contributed by atoms with Crippen LogP contribution in [-0.4, -0.2) is 22.6 Å². The van der Waals surface area contributed by atoms with Crippen LogP contribution in [-0.2, 0) is 0 Å². The molecule has 4 rings (SSSR count). The summed E-state index contributed by atoms with van der Waals surface area (Å²) in [6.45, 7) is 8.03. The highest BCUT2D eigenvalue weighted by Crippen LogP contribution is 2.27. The number of aromatic nitrogens is 2. The Morgan fingerprint density at radius 3 is 1.97 bits per heavy atom. The van der Waals surface area contributed by atoms with Crippen molar-refractivity contribution < 1.29 is 0 Å². The van der Waals surface area contributed by atoms with Gasteiger partial charge in [-0.25, -0.2) is 4.98 Å². The topological polar surface area (TPSA) is 38.1 Å². The molecule has 0 radical (unpaired) electrons. The van der Waals surface area contributed by atoms with Crippen molar-refractivity contribution in [3.8, 4) is 0 Å². The summed E-state index contributed by atoms with van der Waals surface area (Å²) in [6.07, 6.45) is 0. The van der Waals surface area contributed by atoms with E-state index in [1.807, 2.05) is 66.1 Å². The molecule has 0 saturated heterocycles.